The van der Waals surface area contributed by atoms with E-state index in [4.69, 9.17) is 4.74 Å². The number of hydrogen-bond donors (Lipinski definition) is 0. The molecule has 1 atom stereocenters. The van der Waals surface area contributed by atoms with Crippen LogP contribution in [0.5, 0.6) is 0 Å². The zero-order chi connectivity index (χ0) is 17.0. The van der Waals surface area contributed by atoms with Gasteiger partial charge in [-0.25, -0.2) is 0 Å². The molecule has 0 aromatic heterocycles. The molecular formula is C20H30N2O2. The molecule has 2 saturated heterocycles. The van der Waals surface area contributed by atoms with E-state index in [-0.39, 0.29) is 11.5 Å². The van der Waals surface area contributed by atoms with Gasteiger partial charge in [0.2, 0.25) is 5.91 Å². The number of amides is 1. The molecule has 2 aliphatic heterocycles. The van der Waals surface area contributed by atoms with Gasteiger partial charge in [0.25, 0.3) is 0 Å². The van der Waals surface area contributed by atoms with Gasteiger partial charge in [-0.15, -0.1) is 0 Å². The van der Waals surface area contributed by atoms with Gasteiger partial charge in [-0.2, -0.15) is 0 Å². The average Bonchev–Trinajstić information content (AvgIpc) is 2.61. The fourth-order valence-electron chi connectivity index (χ4n) is 4.05. The molecule has 0 radical (unpaired) electrons. The number of rotatable bonds is 4. The van der Waals surface area contributed by atoms with E-state index >= 15 is 0 Å². The van der Waals surface area contributed by atoms with Crippen LogP contribution < -0.4 is 0 Å². The summed E-state index contributed by atoms with van der Waals surface area (Å²) in [7, 11) is 1.93. The smallest absolute Gasteiger partial charge is 0.219 e. The van der Waals surface area contributed by atoms with Crippen LogP contribution in [0.2, 0.25) is 0 Å². The third kappa shape index (κ3) is 4.17. The Bertz CT molecular complexity index is 538. The Kier molecular flexibility index (Phi) is 5.57. The predicted octanol–water partition coefficient (Wildman–Crippen LogP) is 2.72. The molecule has 0 N–H and O–H groups in total. The molecule has 1 aromatic carbocycles. The summed E-state index contributed by atoms with van der Waals surface area (Å²) in [6, 6.07) is 11.1. The minimum Gasteiger partial charge on any atom is -0.375 e. The van der Waals surface area contributed by atoms with E-state index in [1.165, 1.54) is 5.56 Å². The van der Waals surface area contributed by atoms with Crippen LogP contribution in [0, 0.1) is 0 Å². The number of carbonyl (C=O) groups is 1. The second-order valence-electron chi connectivity index (χ2n) is 7.39. The molecule has 132 valence electrons. The number of hydrogen-bond acceptors (Lipinski definition) is 3. The van der Waals surface area contributed by atoms with Crippen molar-refractivity contribution in [2.45, 2.75) is 50.7 Å². The fourth-order valence-corrected chi connectivity index (χ4v) is 4.05. The molecule has 4 heteroatoms. The molecule has 1 aromatic rings. The minimum absolute atomic E-state index is 0.00409. The van der Waals surface area contributed by atoms with Gasteiger partial charge in [0.1, 0.15) is 0 Å². The number of benzene rings is 1. The lowest BCUT2D eigenvalue weighted by atomic mass is 9.82. The normalized spacial score (nSPS) is 24.0. The van der Waals surface area contributed by atoms with Crippen molar-refractivity contribution in [3.05, 3.63) is 35.9 Å². The van der Waals surface area contributed by atoms with Crippen molar-refractivity contribution < 1.29 is 9.53 Å². The van der Waals surface area contributed by atoms with Gasteiger partial charge in [-0.1, -0.05) is 30.3 Å². The van der Waals surface area contributed by atoms with Gasteiger partial charge in [0.15, 0.2) is 0 Å². The van der Waals surface area contributed by atoms with E-state index in [2.05, 4.69) is 35.2 Å². The molecule has 1 spiro atoms. The van der Waals surface area contributed by atoms with Crippen molar-refractivity contribution >= 4 is 5.91 Å². The highest BCUT2D eigenvalue weighted by Gasteiger charge is 2.41. The van der Waals surface area contributed by atoms with Gasteiger partial charge in [0, 0.05) is 46.3 Å². The third-order valence-electron chi connectivity index (χ3n) is 5.84. The molecule has 24 heavy (non-hydrogen) atoms. The lowest BCUT2D eigenvalue weighted by Crippen LogP contribution is -2.53. The first-order valence-corrected chi connectivity index (χ1v) is 9.22. The summed E-state index contributed by atoms with van der Waals surface area (Å²) < 4.78 is 6.21. The third-order valence-corrected chi connectivity index (χ3v) is 5.84. The lowest BCUT2D eigenvalue weighted by Gasteiger charge is -2.47. The first kappa shape index (κ1) is 17.4. The number of ether oxygens (including phenoxy) is 1. The van der Waals surface area contributed by atoms with Crippen molar-refractivity contribution in [1.29, 1.82) is 0 Å². The molecular weight excluding hydrogens is 300 g/mol. The van der Waals surface area contributed by atoms with Crippen molar-refractivity contribution in [3.8, 4) is 0 Å². The van der Waals surface area contributed by atoms with Crippen LogP contribution in [-0.2, 0) is 16.0 Å². The summed E-state index contributed by atoms with van der Waals surface area (Å²) in [5.41, 5.74) is 1.41. The largest absolute Gasteiger partial charge is 0.375 e. The average molecular weight is 330 g/mol. The summed E-state index contributed by atoms with van der Waals surface area (Å²) >= 11 is 0. The molecule has 2 heterocycles. The Balaban J connectivity index is 1.49. The zero-order valence-corrected chi connectivity index (χ0v) is 15.0. The monoisotopic (exact) mass is 330 g/mol. The van der Waals surface area contributed by atoms with E-state index in [0.29, 0.717) is 6.04 Å². The van der Waals surface area contributed by atoms with Crippen molar-refractivity contribution in [1.82, 2.24) is 9.80 Å². The van der Waals surface area contributed by atoms with Crippen molar-refractivity contribution in [2.24, 2.45) is 0 Å². The molecule has 2 aliphatic rings. The summed E-state index contributed by atoms with van der Waals surface area (Å²) in [6.45, 7) is 5.77. The maximum absolute atomic E-state index is 11.7. The highest BCUT2D eigenvalue weighted by atomic mass is 16.5. The zero-order valence-electron chi connectivity index (χ0n) is 15.0. The van der Waals surface area contributed by atoms with Crippen LogP contribution in [0.1, 0.15) is 38.2 Å². The molecule has 4 nitrogen and oxygen atoms in total. The predicted molar refractivity (Wildman–Crippen MR) is 96.0 cm³/mol. The number of carbonyl (C=O) groups excluding carboxylic acids is 1. The molecule has 1 amide bonds. The molecule has 1 unspecified atom stereocenters. The standard InChI is InChI=1S/C20H30N2O2/c1-17(23)21(2)19-9-15-24-20(16-19)10-13-22(14-11-20)12-8-18-6-4-3-5-7-18/h3-7,19H,8-16H2,1-2H3. The Morgan fingerprint density at radius 3 is 2.67 bits per heavy atom. The van der Waals surface area contributed by atoms with E-state index in [0.717, 1.165) is 58.3 Å². The first-order valence-electron chi connectivity index (χ1n) is 9.22. The highest BCUT2D eigenvalue weighted by molar-refractivity contribution is 5.73. The van der Waals surface area contributed by atoms with E-state index < -0.39 is 0 Å². The fraction of sp³-hybridized carbons (Fsp3) is 0.650. The van der Waals surface area contributed by atoms with Crippen LogP contribution in [0.25, 0.3) is 0 Å². The maximum Gasteiger partial charge on any atom is 0.219 e. The van der Waals surface area contributed by atoms with E-state index in [9.17, 15) is 4.79 Å². The Morgan fingerprint density at radius 1 is 1.29 bits per heavy atom. The number of likely N-dealkylation sites (tertiary alicyclic amines) is 1. The first-order chi connectivity index (χ1) is 11.6. The number of piperidine rings is 1. The van der Waals surface area contributed by atoms with E-state index in [1.54, 1.807) is 6.92 Å². The molecule has 0 bridgehead atoms. The van der Waals surface area contributed by atoms with Crippen LogP contribution in [-0.4, -0.2) is 60.6 Å². The topological polar surface area (TPSA) is 32.8 Å². The molecule has 0 aliphatic carbocycles. The Morgan fingerprint density at radius 2 is 2.00 bits per heavy atom. The SMILES string of the molecule is CC(=O)N(C)C1CCOC2(CCN(CCc3ccccc3)CC2)C1. The van der Waals surface area contributed by atoms with E-state index in [1.807, 2.05) is 11.9 Å². The summed E-state index contributed by atoms with van der Waals surface area (Å²) in [6.07, 6.45) is 5.25. The van der Waals surface area contributed by atoms with Crippen LogP contribution in [0.4, 0.5) is 0 Å². The summed E-state index contributed by atoms with van der Waals surface area (Å²) in [4.78, 5) is 16.1. The lowest BCUT2D eigenvalue weighted by molar-refractivity contribution is -0.146. The van der Waals surface area contributed by atoms with Gasteiger partial charge >= 0.3 is 0 Å². The molecule has 2 fully saturated rings. The number of nitrogens with zero attached hydrogens (tertiary/aromatic N) is 2. The van der Waals surface area contributed by atoms with Crippen molar-refractivity contribution in [2.75, 3.05) is 33.3 Å². The Hall–Kier alpha value is -1.39. The van der Waals surface area contributed by atoms with Gasteiger partial charge in [0.05, 0.1) is 5.60 Å². The van der Waals surface area contributed by atoms with Crippen molar-refractivity contribution in [3.63, 3.8) is 0 Å². The van der Waals surface area contributed by atoms with Gasteiger partial charge < -0.3 is 14.5 Å². The molecule has 0 saturated carbocycles. The summed E-state index contributed by atoms with van der Waals surface area (Å²) in [5, 5.41) is 0. The quantitative estimate of drug-likeness (QED) is 0.851. The van der Waals surface area contributed by atoms with Crippen LogP contribution >= 0.6 is 0 Å². The summed E-state index contributed by atoms with van der Waals surface area (Å²) in [5.74, 6) is 0.164. The van der Waals surface area contributed by atoms with Gasteiger partial charge in [-0.3, -0.25) is 4.79 Å². The minimum atomic E-state index is -0.00409. The Labute approximate surface area is 145 Å². The maximum atomic E-state index is 11.7. The second kappa shape index (κ2) is 7.66. The van der Waals surface area contributed by atoms with Crippen LogP contribution in [0.3, 0.4) is 0 Å². The second-order valence-corrected chi connectivity index (χ2v) is 7.39. The molecule has 3 rings (SSSR count). The highest BCUT2D eigenvalue weighted by Crippen LogP contribution is 2.36. The van der Waals surface area contributed by atoms with Crippen LogP contribution in [0.15, 0.2) is 30.3 Å². The van der Waals surface area contributed by atoms with Gasteiger partial charge in [-0.05, 0) is 37.7 Å².